The monoisotopic (exact) mass is 286 g/mol. The third-order valence-electron chi connectivity index (χ3n) is 5.02. The molecule has 2 fully saturated rings. The molecule has 0 radical (unpaired) electrons. The molecular formula is C18H26N2O. The highest BCUT2D eigenvalue weighted by Crippen LogP contribution is 2.25. The zero-order valence-electron chi connectivity index (χ0n) is 13.2. The number of nitrogens with zero attached hydrogens (tertiary/aromatic N) is 2. The lowest BCUT2D eigenvalue weighted by Gasteiger charge is -2.42. The van der Waals surface area contributed by atoms with E-state index in [1.165, 1.54) is 24.8 Å². The molecule has 1 aromatic rings. The van der Waals surface area contributed by atoms with Crippen LogP contribution in [0.5, 0.6) is 0 Å². The molecule has 0 N–H and O–H groups in total. The van der Waals surface area contributed by atoms with E-state index in [4.69, 9.17) is 0 Å². The lowest BCUT2D eigenvalue weighted by molar-refractivity contribution is 0.0455. The lowest BCUT2D eigenvalue weighted by Crippen LogP contribution is -2.53. The first-order valence-corrected chi connectivity index (χ1v) is 8.28. The minimum absolute atomic E-state index is 0.193. The number of hydrogen-bond acceptors (Lipinski definition) is 2. The Bertz CT molecular complexity index is 482. The van der Waals surface area contributed by atoms with Crippen LogP contribution in [0.4, 0.5) is 0 Å². The van der Waals surface area contributed by atoms with E-state index in [1.807, 2.05) is 17.0 Å². The van der Waals surface area contributed by atoms with Crippen LogP contribution in [0.3, 0.4) is 0 Å². The molecule has 2 aliphatic rings. The van der Waals surface area contributed by atoms with Crippen molar-refractivity contribution in [3.05, 3.63) is 35.4 Å². The van der Waals surface area contributed by atoms with Crippen molar-refractivity contribution in [3.8, 4) is 0 Å². The van der Waals surface area contributed by atoms with Gasteiger partial charge in [-0.2, -0.15) is 0 Å². The van der Waals surface area contributed by atoms with E-state index in [0.717, 1.165) is 37.8 Å². The Labute approximate surface area is 127 Å². The van der Waals surface area contributed by atoms with E-state index in [2.05, 4.69) is 30.9 Å². The van der Waals surface area contributed by atoms with E-state index in [-0.39, 0.29) is 5.91 Å². The van der Waals surface area contributed by atoms with Gasteiger partial charge in [0.25, 0.3) is 5.91 Å². The summed E-state index contributed by atoms with van der Waals surface area (Å²) in [5.74, 6) is 0.707. The summed E-state index contributed by atoms with van der Waals surface area (Å²) in [5.41, 5.74) is 2.12. The third-order valence-corrected chi connectivity index (χ3v) is 5.02. The maximum atomic E-state index is 12.5. The van der Waals surface area contributed by atoms with Crippen molar-refractivity contribution in [2.24, 2.45) is 0 Å². The maximum Gasteiger partial charge on any atom is 0.253 e. The van der Waals surface area contributed by atoms with Crippen LogP contribution in [0.15, 0.2) is 24.3 Å². The number of carbonyl (C=O) groups is 1. The molecular weight excluding hydrogens is 260 g/mol. The topological polar surface area (TPSA) is 23.6 Å². The third kappa shape index (κ3) is 3.13. The molecule has 3 rings (SSSR count). The van der Waals surface area contributed by atoms with Crippen LogP contribution < -0.4 is 0 Å². The van der Waals surface area contributed by atoms with Crippen LogP contribution in [0.1, 0.15) is 54.9 Å². The molecule has 0 spiro atoms. The molecule has 3 nitrogen and oxygen atoms in total. The summed E-state index contributed by atoms with van der Waals surface area (Å²) in [7, 11) is 0. The second kappa shape index (κ2) is 6.18. The molecule has 0 aromatic heterocycles. The Hall–Kier alpha value is -1.35. The van der Waals surface area contributed by atoms with Crippen molar-refractivity contribution in [3.63, 3.8) is 0 Å². The van der Waals surface area contributed by atoms with Gasteiger partial charge in [0.1, 0.15) is 0 Å². The molecule has 114 valence electrons. The van der Waals surface area contributed by atoms with Gasteiger partial charge in [0.15, 0.2) is 0 Å². The van der Waals surface area contributed by atoms with Gasteiger partial charge in [-0.1, -0.05) is 32.4 Å². The summed E-state index contributed by atoms with van der Waals surface area (Å²) in [6.07, 6.45) is 4.08. The second-order valence-electron chi connectivity index (χ2n) is 6.69. The highest BCUT2D eigenvalue weighted by atomic mass is 16.2. The molecule has 1 aliphatic carbocycles. The molecule has 3 heteroatoms. The zero-order valence-corrected chi connectivity index (χ0v) is 13.2. The van der Waals surface area contributed by atoms with Crippen molar-refractivity contribution >= 4 is 5.91 Å². The van der Waals surface area contributed by atoms with E-state index in [1.54, 1.807) is 0 Å². The van der Waals surface area contributed by atoms with Crippen molar-refractivity contribution in [2.45, 2.75) is 45.1 Å². The predicted molar refractivity (Wildman–Crippen MR) is 85.6 cm³/mol. The van der Waals surface area contributed by atoms with Crippen LogP contribution in [0.2, 0.25) is 0 Å². The number of amides is 1. The minimum Gasteiger partial charge on any atom is -0.336 e. The van der Waals surface area contributed by atoms with Gasteiger partial charge in [0.2, 0.25) is 0 Å². The quantitative estimate of drug-likeness (QED) is 0.852. The molecule has 1 aromatic carbocycles. The number of rotatable bonds is 3. The van der Waals surface area contributed by atoms with Crippen molar-refractivity contribution in [1.82, 2.24) is 9.80 Å². The first-order valence-electron chi connectivity index (χ1n) is 8.28. The summed E-state index contributed by atoms with van der Waals surface area (Å²) in [6, 6.07) is 8.93. The highest BCUT2D eigenvalue weighted by molar-refractivity contribution is 5.94. The Balaban J connectivity index is 1.58. The molecule has 0 unspecified atom stereocenters. The van der Waals surface area contributed by atoms with E-state index in [0.29, 0.717) is 5.92 Å². The van der Waals surface area contributed by atoms with Gasteiger partial charge in [-0.25, -0.2) is 0 Å². The van der Waals surface area contributed by atoms with Gasteiger partial charge in [0, 0.05) is 37.8 Å². The van der Waals surface area contributed by atoms with Crippen LogP contribution >= 0.6 is 0 Å². The fourth-order valence-corrected chi connectivity index (χ4v) is 3.24. The van der Waals surface area contributed by atoms with Crippen molar-refractivity contribution < 1.29 is 4.79 Å². The van der Waals surface area contributed by atoms with Gasteiger partial charge >= 0.3 is 0 Å². The Kier molecular flexibility index (Phi) is 4.29. The Morgan fingerprint density at radius 2 is 1.67 bits per heavy atom. The second-order valence-corrected chi connectivity index (χ2v) is 6.69. The summed E-state index contributed by atoms with van der Waals surface area (Å²) in [6.45, 7) is 8.19. The fourth-order valence-electron chi connectivity index (χ4n) is 3.24. The predicted octanol–water partition coefficient (Wildman–Crippen LogP) is 3.12. The number of piperazine rings is 1. The van der Waals surface area contributed by atoms with Crippen LogP contribution in [-0.2, 0) is 0 Å². The molecule has 1 heterocycles. The molecule has 21 heavy (non-hydrogen) atoms. The molecule has 0 atom stereocenters. The molecule has 1 saturated carbocycles. The highest BCUT2D eigenvalue weighted by Gasteiger charge is 2.29. The van der Waals surface area contributed by atoms with Crippen LogP contribution in [-0.4, -0.2) is 47.9 Å². The average molecular weight is 286 g/mol. The van der Waals surface area contributed by atoms with Gasteiger partial charge in [-0.15, -0.1) is 0 Å². The van der Waals surface area contributed by atoms with Crippen LogP contribution in [0.25, 0.3) is 0 Å². The molecule has 1 aliphatic heterocycles. The first-order chi connectivity index (χ1) is 10.1. The zero-order chi connectivity index (χ0) is 14.8. The normalized spacial score (nSPS) is 20.6. The van der Waals surface area contributed by atoms with Gasteiger partial charge in [0.05, 0.1) is 0 Å². The molecule has 1 amide bonds. The number of carbonyl (C=O) groups excluding carboxylic acids is 1. The summed E-state index contributed by atoms with van der Waals surface area (Å²) in [4.78, 5) is 17.1. The van der Waals surface area contributed by atoms with Crippen LogP contribution in [0, 0.1) is 0 Å². The number of benzene rings is 1. The van der Waals surface area contributed by atoms with Gasteiger partial charge < -0.3 is 4.90 Å². The summed E-state index contributed by atoms with van der Waals surface area (Å²) < 4.78 is 0. The van der Waals surface area contributed by atoms with Crippen molar-refractivity contribution in [2.75, 3.05) is 26.2 Å². The minimum atomic E-state index is 0.193. The van der Waals surface area contributed by atoms with Gasteiger partial charge in [-0.05, 0) is 36.5 Å². The van der Waals surface area contributed by atoms with Gasteiger partial charge in [-0.3, -0.25) is 9.69 Å². The Morgan fingerprint density at radius 1 is 1.05 bits per heavy atom. The first kappa shape index (κ1) is 14.6. The smallest absolute Gasteiger partial charge is 0.253 e. The Morgan fingerprint density at radius 3 is 2.14 bits per heavy atom. The molecule has 0 bridgehead atoms. The average Bonchev–Trinajstić information content (AvgIpc) is 2.46. The SMILES string of the molecule is CC(C)c1ccc(C(=O)N2CCN(C3CCC3)CC2)cc1. The van der Waals surface area contributed by atoms with E-state index in [9.17, 15) is 4.79 Å². The van der Waals surface area contributed by atoms with E-state index < -0.39 is 0 Å². The summed E-state index contributed by atoms with van der Waals surface area (Å²) in [5, 5.41) is 0. The van der Waals surface area contributed by atoms with E-state index >= 15 is 0 Å². The standard InChI is InChI=1S/C18H26N2O/c1-14(2)15-6-8-16(9-7-15)18(21)20-12-10-19(11-13-20)17-4-3-5-17/h6-9,14,17H,3-5,10-13H2,1-2H3. The fraction of sp³-hybridized carbons (Fsp3) is 0.611. The summed E-state index contributed by atoms with van der Waals surface area (Å²) >= 11 is 0. The molecule has 1 saturated heterocycles. The van der Waals surface area contributed by atoms with Crippen molar-refractivity contribution in [1.29, 1.82) is 0 Å². The largest absolute Gasteiger partial charge is 0.336 e. The lowest BCUT2D eigenvalue weighted by atomic mass is 9.91. The maximum absolute atomic E-state index is 12.5. The number of hydrogen-bond donors (Lipinski definition) is 0.